The lowest BCUT2D eigenvalue weighted by molar-refractivity contribution is -0.0612. The van der Waals surface area contributed by atoms with Crippen molar-refractivity contribution >= 4 is 11.6 Å². The molecule has 0 atom stereocenters. The maximum atomic E-state index is 13.5. The van der Waals surface area contributed by atoms with E-state index < -0.39 is 0 Å². The van der Waals surface area contributed by atoms with Crippen LogP contribution in [0.15, 0.2) is 18.2 Å². The van der Waals surface area contributed by atoms with Gasteiger partial charge in [0.1, 0.15) is 5.82 Å². The molecule has 0 saturated heterocycles. The number of nitrogens with two attached hydrogens (primary N) is 1. The lowest BCUT2D eigenvalue weighted by Crippen LogP contribution is -2.74. The fraction of sp³-hybridized carbons (Fsp3) is 0.455. The van der Waals surface area contributed by atoms with Gasteiger partial charge in [-0.3, -0.25) is 0 Å². The Kier molecular flexibility index (Phi) is 1.43. The molecular weight excluding hydrogens is 201 g/mol. The van der Waals surface area contributed by atoms with Crippen LogP contribution in [0, 0.1) is 5.82 Å². The minimum Gasteiger partial charge on any atom is -0.325 e. The van der Waals surface area contributed by atoms with Crippen molar-refractivity contribution in [2.75, 3.05) is 0 Å². The van der Waals surface area contributed by atoms with Crippen molar-refractivity contribution in [3.8, 4) is 0 Å². The van der Waals surface area contributed by atoms with E-state index in [4.69, 9.17) is 17.3 Å². The zero-order chi connectivity index (χ0) is 9.97. The van der Waals surface area contributed by atoms with E-state index in [1.165, 1.54) is 6.07 Å². The van der Waals surface area contributed by atoms with Gasteiger partial charge >= 0.3 is 0 Å². The molecule has 0 spiro atoms. The molecule has 2 bridgehead atoms. The standard InChI is InChI=1S/C11H11ClFN/c12-7-1-2-9(13)8(3-7)10-4-11(14,5-10)6-10/h1-3H,4-6,14H2. The second-order valence-corrected chi connectivity index (χ2v) is 5.23. The molecule has 0 radical (unpaired) electrons. The molecule has 0 amide bonds. The Bertz CT molecular complexity index is 396. The van der Waals surface area contributed by atoms with Gasteiger partial charge in [-0.1, -0.05) is 11.6 Å². The van der Waals surface area contributed by atoms with E-state index >= 15 is 0 Å². The number of benzene rings is 1. The Labute approximate surface area is 87.1 Å². The number of hydrogen-bond acceptors (Lipinski definition) is 1. The first-order valence-electron chi connectivity index (χ1n) is 4.78. The van der Waals surface area contributed by atoms with E-state index in [-0.39, 0.29) is 16.8 Å². The molecule has 3 heteroatoms. The number of hydrogen-bond donors (Lipinski definition) is 1. The Morgan fingerprint density at radius 2 is 1.93 bits per heavy atom. The largest absolute Gasteiger partial charge is 0.325 e. The predicted molar refractivity (Wildman–Crippen MR) is 53.9 cm³/mol. The van der Waals surface area contributed by atoms with Crippen LogP contribution < -0.4 is 5.73 Å². The lowest BCUT2D eigenvalue weighted by atomic mass is 9.38. The van der Waals surface area contributed by atoms with Gasteiger partial charge in [0.05, 0.1) is 0 Å². The zero-order valence-electron chi connectivity index (χ0n) is 7.69. The quantitative estimate of drug-likeness (QED) is 0.759. The van der Waals surface area contributed by atoms with Gasteiger partial charge in [-0.25, -0.2) is 4.39 Å². The van der Waals surface area contributed by atoms with Crippen molar-refractivity contribution in [2.24, 2.45) is 5.73 Å². The van der Waals surface area contributed by atoms with Crippen molar-refractivity contribution in [3.63, 3.8) is 0 Å². The molecule has 3 aliphatic carbocycles. The minimum absolute atomic E-state index is 0.00869. The summed E-state index contributed by atoms with van der Waals surface area (Å²) in [7, 11) is 0. The van der Waals surface area contributed by atoms with Crippen LogP contribution in [0.2, 0.25) is 5.02 Å². The van der Waals surface area contributed by atoms with Crippen molar-refractivity contribution in [2.45, 2.75) is 30.2 Å². The Morgan fingerprint density at radius 3 is 2.50 bits per heavy atom. The summed E-state index contributed by atoms with van der Waals surface area (Å²) >= 11 is 5.86. The van der Waals surface area contributed by atoms with E-state index in [1.807, 2.05) is 0 Å². The van der Waals surface area contributed by atoms with Crippen LogP contribution in [0.4, 0.5) is 4.39 Å². The fourth-order valence-corrected chi connectivity index (χ4v) is 3.23. The van der Waals surface area contributed by atoms with Crippen LogP contribution >= 0.6 is 11.6 Å². The minimum atomic E-state index is -0.142. The Balaban J connectivity index is 2.01. The molecule has 0 aliphatic heterocycles. The maximum absolute atomic E-state index is 13.5. The van der Waals surface area contributed by atoms with Crippen LogP contribution in [0.1, 0.15) is 24.8 Å². The number of halogens is 2. The van der Waals surface area contributed by atoms with Crippen LogP contribution in [0.3, 0.4) is 0 Å². The first kappa shape index (κ1) is 8.69. The highest BCUT2D eigenvalue weighted by atomic mass is 35.5. The topological polar surface area (TPSA) is 26.0 Å². The predicted octanol–water partition coefficient (Wildman–Crippen LogP) is 2.61. The van der Waals surface area contributed by atoms with Gasteiger partial charge < -0.3 is 5.73 Å². The summed E-state index contributed by atoms with van der Waals surface area (Å²) < 4.78 is 13.5. The second kappa shape index (κ2) is 2.31. The molecule has 1 aromatic carbocycles. The molecule has 1 nitrogen and oxygen atoms in total. The van der Waals surface area contributed by atoms with Gasteiger partial charge in [-0.2, -0.15) is 0 Å². The molecule has 0 aromatic heterocycles. The van der Waals surface area contributed by atoms with Gasteiger partial charge in [-0.15, -0.1) is 0 Å². The molecule has 3 saturated carbocycles. The van der Waals surface area contributed by atoms with Crippen LogP contribution in [0.5, 0.6) is 0 Å². The highest BCUT2D eigenvalue weighted by molar-refractivity contribution is 6.30. The highest BCUT2D eigenvalue weighted by Crippen LogP contribution is 2.66. The Hall–Kier alpha value is -0.600. The molecule has 14 heavy (non-hydrogen) atoms. The second-order valence-electron chi connectivity index (χ2n) is 4.80. The van der Waals surface area contributed by atoms with E-state index in [1.54, 1.807) is 12.1 Å². The molecule has 0 unspecified atom stereocenters. The van der Waals surface area contributed by atoms with Gasteiger partial charge in [0, 0.05) is 16.0 Å². The molecule has 74 valence electrons. The molecule has 4 rings (SSSR count). The van der Waals surface area contributed by atoms with Crippen LogP contribution in [0.25, 0.3) is 0 Å². The van der Waals surface area contributed by atoms with E-state index in [9.17, 15) is 4.39 Å². The third-order valence-electron chi connectivity index (χ3n) is 3.57. The number of rotatable bonds is 1. The maximum Gasteiger partial charge on any atom is 0.127 e. The third-order valence-corrected chi connectivity index (χ3v) is 3.81. The normalized spacial score (nSPS) is 38.8. The van der Waals surface area contributed by atoms with Crippen LogP contribution in [-0.2, 0) is 5.41 Å². The van der Waals surface area contributed by atoms with Crippen molar-refractivity contribution in [3.05, 3.63) is 34.6 Å². The lowest BCUT2D eigenvalue weighted by Gasteiger charge is -2.69. The average Bonchev–Trinajstić information content (AvgIpc) is 2.02. The molecular formula is C11H11ClFN. The van der Waals surface area contributed by atoms with Crippen molar-refractivity contribution < 1.29 is 4.39 Å². The zero-order valence-corrected chi connectivity index (χ0v) is 8.44. The summed E-state index contributed by atoms with van der Waals surface area (Å²) in [5, 5.41) is 0.609. The summed E-state index contributed by atoms with van der Waals surface area (Å²) in [6.07, 6.45) is 2.74. The summed E-state index contributed by atoms with van der Waals surface area (Å²) in [6, 6.07) is 4.78. The monoisotopic (exact) mass is 211 g/mol. The molecule has 3 fully saturated rings. The fourth-order valence-electron chi connectivity index (χ4n) is 3.06. The summed E-state index contributed by atoms with van der Waals surface area (Å²) in [5.41, 5.74) is 6.73. The van der Waals surface area contributed by atoms with Gasteiger partial charge in [-0.05, 0) is 43.0 Å². The molecule has 0 heterocycles. The van der Waals surface area contributed by atoms with Gasteiger partial charge in [0.25, 0.3) is 0 Å². The summed E-state index contributed by atoms with van der Waals surface area (Å²) in [5.74, 6) is -0.142. The smallest absolute Gasteiger partial charge is 0.127 e. The van der Waals surface area contributed by atoms with Crippen molar-refractivity contribution in [1.82, 2.24) is 0 Å². The van der Waals surface area contributed by atoms with E-state index in [0.717, 1.165) is 24.8 Å². The van der Waals surface area contributed by atoms with E-state index in [2.05, 4.69) is 0 Å². The average molecular weight is 212 g/mol. The first-order chi connectivity index (χ1) is 6.53. The SMILES string of the molecule is NC12CC(c3cc(Cl)ccc3F)(C1)C2. The molecule has 2 N–H and O–H groups in total. The first-order valence-corrected chi connectivity index (χ1v) is 5.15. The van der Waals surface area contributed by atoms with Crippen LogP contribution in [-0.4, -0.2) is 5.54 Å². The van der Waals surface area contributed by atoms with Gasteiger partial charge in [0.2, 0.25) is 0 Å². The van der Waals surface area contributed by atoms with Gasteiger partial charge in [0.15, 0.2) is 0 Å². The third kappa shape index (κ3) is 0.931. The molecule has 1 aromatic rings. The van der Waals surface area contributed by atoms with E-state index in [0.29, 0.717) is 5.02 Å². The summed E-state index contributed by atoms with van der Waals surface area (Å²) in [6.45, 7) is 0. The summed E-state index contributed by atoms with van der Waals surface area (Å²) in [4.78, 5) is 0. The Morgan fingerprint density at radius 1 is 1.29 bits per heavy atom. The highest BCUT2D eigenvalue weighted by Gasteiger charge is 2.67. The molecule has 3 aliphatic rings. The van der Waals surface area contributed by atoms with Crippen molar-refractivity contribution in [1.29, 1.82) is 0 Å².